The van der Waals surface area contributed by atoms with Crippen molar-refractivity contribution < 1.29 is 13.6 Å². The SMILES string of the molecule is Cc1nc(C)c(C(=O)Cc2cccc(F)c2F)s1. The molecule has 0 amide bonds. The van der Waals surface area contributed by atoms with Gasteiger partial charge in [-0.25, -0.2) is 13.8 Å². The van der Waals surface area contributed by atoms with Crippen LogP contribution in [0.15, 0.2) is 18.2 Å². The zero-order valence-electron chi connectivity index (χ0n) is 9.96. The first kappa shape index (κ1) is 12.8. The number of Topliss-reactive ketones (excluding diaryl/α,β-unsaturated/α-hetero) is 1. The lowest BCUT2D eigenvalue weighted by Gasteiger charge is -2.02. The molecule has 18 heavy (non-hydrogen) atoms. The van der Waals surface area contributed by atoms with Crippen molar-refractivity contribution in [2.75, 3.05) is 0 Å². The van der Waals surface area contributed by atoms with Crippen LogP contribution in [0.1, 0.15) is 25.9 Å². The number of hydrogen-bond donors (Lipinski definition) is 0. The van der Waals surface area contributed by atoms with Crippen molar-refractivity contribution in [3.63, 3.8) is 0 Å². The molecule has 2 aromatic rings. The number of thiazole rings is 1. The van der Waals surface area contributed by atoms with Gasteiger partial charge >= 0.3 is 0 Å². The second-order valence-corrected chi connectivity index (χ2v) is 5.16. The van der Waals surface area contributed by atoms with E-state index in [1.54, 1.807) is 13.8 Å². The second kappa shape index (κ2) is 4.94. The van der Waals surface area contributed by atoms with Crippen molar-refractivity contribution in [3.8, 4) is 0 Å². The number of ketones is 1. The summed E-state index contributed by atoms with van der Waals surface area (Å²) >= 11 is 1.27. The van der Waals surface area contributed by atoms with Crippen molar-refractivity contribution >= 4 is 17.1 Å². The molecule has 0 atom stereocenters. The van der Waals surface area contributed by atoms with Crippen LogP contribution in [0.5, 0.6) is 0 Å². The van der Waals surface area contributed by atoms with E-state index in [1.165, 1.54) is 23.5 Å². The van der Waals surface area contributed by atoms with Crippen LogP contribution in [0.2, 0.25) is 0 Å². The van der Waals surface area contributed by atoms with Gasteiger partial charge in [0.15, 0.2) is 17.4 Å². The van der Waals surface area contributed by atoms with Gasteiger partial charge in [0.05, 0.1) is 15.6 Å². The zero-order valence-corrected chi connectivity index (χ0v) is 10.8. The molecule has 0 aliphatic carbocycles. The van der Waals surface area contributed by atoms with Crippen molar-refractivity contribution in [2.45, 2.75) is 20.3 Å². The summed E-state index contributed by atoms with van der Waals surface area (Å²) in [6.45, 7) is 3.54. The predicted octanol–water partition coefficient (Wildman–Crippen LogP) is 3.46. The summed E-state index contributed by atoms with van der Waals surface area (Å²) in [4.78, 5) is 16.6. The van der Waals surface area contributed by atoms with Crippen LogP contribution in [0.25, 0.3) is 0 Å². The summed E-state index contributed by atoms with van der Waals surface area (Å²) in [7, 11) is 0. The third kappa shape index (κ3) is 2.46. The number of benzene rings is 1. The highest BCUT2D eigenvalue weighted by atomic mass is 32.1. The van der Waals surface area contributed by atoms with Crippen LogP contribution >= 0.6 is 11.3 Å². The minimum Gasteiger partial charge on any atom is -0.293 e. The third-order valence-corrected chi connectivity index (χ3v) is 3.65. The van der Waals surface area contributed by atoms with E-state index in [1.807, 2.05) is 0 Å². The van der Waals surface area contributed by atoms with Gasteiger partial charge in [-0.05, 0) is 25.5 Å². The smallest absolute Gasteiger partial charge is 0.179 e. The fourth-order valence-corrected chi connectivity index (χ4v) is 2.59. The first-order valence-electron chi connectivity index (χ1n) is 5.39. The Kier molecular flexibility index (Phi) is 3.52. The van der Waals surface area contributed by atoms with E-state index in [0.29, 0.717) is 10.6 Å². The predicted molar refractivity (Wildman–Crippen MR) is 66.0 cm³/mol. The van der Waals surface area contributed by atoms with Crippen LogP contribution in [0, 0.1) is 25.5 Å². The van der Waals surface area contributed by atoms with Gasteiger partial charge in [0, 0.05) is 6.42 Å². The molecule has 0 unspecified atom stereocenters. The molecule has 0 aliphatic rings. The Labute approximate surface area is 107 Å². The molecule has 2 rings (SSSR count). The first-order valence-corrected chi connectivity index (χ1v) is 6.21. The fourth-order valence-electron chi connectivity index (χ4n) is 1.73. The standard InChI is InChI=1S/C13H11F2NOS/c1-7-13(18-8(2)16-7)11(17)6-9-4-3-5-10(14)12(9)15/h3-5H,6H2,1-2H3. The summed E-state index contributed by atoms with van der Waals surface area (Å²) in [5.41, 5.74) is 0.713. The van der Waals surface area contributed by atoms with Crippen molar-refractivity contribution in [1.29, 1.82) is 0 Å². The van der Waals surface area contributed by atoms with Gasteiger partial charge in [-0.3, -0.25) is 4.79 Å². The molecule has 1 aromatic carbocycles. The van der Waals surface area contributed by atoms with Crippen LogP contribution in [0.3, 0.4) is 0 Å². The molecule has 0 radical (unpaired) electrons. The van der Waals surface area contributed by atoms with Crippen molar-refractivity contribution in [1.82, 2.24) is 4.98 Å². The highest BCUT2D eigenvalue weighted by Gasteiger charge is 2.17. The molecule has 94 valence electrons. The Hall–Kier alpha value is -1.62. The zero-order chi connectivity index (χ0) is 13.3. The van der Waals surface area contributed by atoms with Gasteiger partial charge < -0.3 is 0 Å². The van der Waals surface area contributed by atoms with Gasteiger partial charge in [0.25, 0.3) is 0 Å². The van der Waals surface area contributed by atoms with Crippen molar-refractivity contribution in [3.05, 3.63) is 51.0 Å². The number of hydrogen-bond acceptors (Lipinski definition) is 3. The number of nitrogens with zero attached hydrogens (tertiary/aromatic N) is 1. The molecule has 0 saturated heterocycles. The number of rotatable bonds is 3. The Morgan fingerprint density at radius 3 is 2.67 bits per heavy atom. The normalized spacial score (nSPS) is 10.7. The Balaban J connectivity index is 2.27. The lowest BCUT2D eigenvalue weighted by atomic mass is 10.1. The monoisotopic (exact) mass is 267 g/mol. The van der Waals surface area contributed by atoms with Crippen LogP contribution in [-0.4, -0.2) is 10.8 Å². The van der Waals surface area contributed by atoms with Gasteiger partial charge in [0.2, 0.25) is 0 Å². The number of aryl methyl sites for hydroxylation is 2. The average Bonchev–Trinajstić information content (AvgIpc) is 2.64. The maximum Gasteiger partial charge on any atom is 0.179 e. The summed E-state index contributed by atoms with van der Waals surface area (Å²) in [5, 5.41) is 0.788. The summed E-state index contributed by atoms with van der Waals surface area (Å²) in [6, 6.07) is 3.84. The number of aromatic nitrogens is 1. The molecular formula is C13H11F2NOS. The van der Waals surface area contributed by atoms with E-state index in [-0.39, 0.29) is 17.8 Å². The Morgan fingerprint density at radius 1 is 1.33 bits per heavy atom. The van der Waals surface area contributed by atoms with Crippen LogP contribution < -0.4 is 0 Å². The van der Waals surface area contributed by atoms with E-state index in [4.69, 9.17) is 0 Å². The van der Waals surface area contributed by atoms with Gasteiger partial charge in [-0.2, -0.15) is 0 Å². The molecule has 1 heterocycles. The van der Waals surface area contributed by atoms with E-state index in [0.717, 1.165) is 11.1 Å². The molecule has 0 bridgehead atoms. The van der Waals surface area contributed by atoms with Crippen LogP contribution in [-0.2, 0) is 6.42 Å². The van der Waals surface area contributed by atoms with Crippen LogP contribution in [0.4, 0.5) is 8.78 Å². The van der Waals surface area contributed by atoms with Gasteiger partial charge in [-0.1, -0.05) is 12.1 Å². The van der Waals surface area contributed by atoms with E-state index in [2.05, 4.69) is 4.98 Å². The number of carbonyl (C=O) groups excluding carboxylic acids is 1. The highest BCUT2D eigenvalue weighted by molar-refractivity contribution is 7.13. The number of carbonyl (C=O) groups is 1. The summed E-state index contributed by atoms with van der Waals surface area (Å²) in [6.07, 6.45) is -0.147. The Morgan fingerprint density at radius 2 is 2.06 bits per heavy atom. The van der Waals surface area contributed by atoms with E-state index in [9.17, 15) is 13.6 Å². The van der Waals surface area contributed by atoms with E-state index >= 15 is 0 Å². The lowest BCUT2D eigenvalue weighted by Crippen LogP contribution is -2.06. The summed E-state index contributed by atoms with van der Waals surface area (Å²) < 4.78 is 26.5. The highest BCUT2D eigenvalue weighted by Crippen LogP contribution is 2.21. The Bertz CT molecular complexity index is 607. The maximum absolute atomic E-state index is 13.4. The molecular weight excluding hydrogens is 256 g/mol. The second-order valence-electron chi connectivity index (χ2n) is 3.96. The van der Waals surface area contributed by atoms with Gasteiger partial charge in [0.1, 0.15) is 0 Å². The molecule has 0 spiro atoms. The largest absolute Gasteiger partial charge is 0.293 e. The molecule has 0 saturated carbocycles. The molecule has 5 heteroatoms. The molecule has 0 N–H and O–H groups in total. The first-order chi connectivity index (χ1) is 8.49. The lowest BCUT2D eigenvalue weighted by molar-refractivity contribution is 0.0995. The molecule has 2 nitrogen and oxygen atoms in total. The molecule has 1 aromatic heterocycles. The molecule has 0 aliphatic heterocycles. The third-order valence-electron chi connectivity index (χ3n) is 2.54. The fraction of sp³-hybridized carbons (Fsp3) is 0.231. The average molecular weight is 267 g/mol. The minimum atomic E-state index is -0.954. The van der Waals surface area contributed by atoms with Gasteiger partial charge in [-0.15, -0.1) is 11.3 Å². The van der Waals surface area contributed by atoms with E-state index < -0.39 is 11.6 Å². The quantitative estimate of drug-likeness (QED) is 0.797. The molecule has 0 fully saturated rings. The summed E-state index contributed by atoms with van der Waals surface area (Å²) in [5.74, 6) is -2.12. The number of halogens is 2. The van der Waals surface area contributed by atoms with Crippen molar-refractivity contribution in [2.24, 2.45) is 0 Å². The topological polar surface area (TPSA) is 30.0 Å². The minimum absolute atomic E-state index is 0.0745. The maximum atomic E-state index is 13.4.